The van der Waals surface area contributed by atoms with Gasteiger partial charge in [-0.2, -0.15) is 5.10 Å². The summed E-state index contributed by atoms with van der Waals surface area (Å²) in [4.78, 5) is 11.6. The summed E-state index contributed by atoms with van der Waals surface area (Å²) in [6.45, 7) is 1.96. The number of aromatic amines is 1. The fraction of sp³-hybridized carbons (Fsp3) is 0.389. The van der Waals surface area contributed by atoms with E-state index in [9.17, 15) is 0 Å². The lowest BCUT2D eigenvalue weighted by Gasteiger charge is -2.33. The third-order valence-electron chi connectivity index (χ3n) is 5.73. The van der Waals surface area contributed by atoms with E-state index >= 15 is 0 Å². The lowest BCUT2D eigenvalue weighted by molar-refractivity contribution is 0.370. The minimum atomic E-state index is 0.396. The van der Waals surface area contributed by atoms with Crippen molar-refractivity contribution in [3.8, 4) is 11.3 Å². The van der Waals surface area contributed by atoms with Crippen molar-refractivity contribution in [3.05, 3.63) is 35.5 Å². The predicted octanol–water partition coefficient (Wildman–Crippen LogP) is 2.99. The highest BCUT2D eigenvalue weighted by Gasteiger charge is 2.52. The number of rotatable bonds is 2. The maximum Gasteiger partial charge on any atom is 0.202 e. The normalized spacial score (nSPS) is 21.8. The van der Waals surface area contributed by atoms with Crippen LogP contribution in [0, 0.1) is 5.41 Å². The SMILES string of the molecule is NC1CC12CCN(c1cnc3c(-c4ccccc4Cl)[nH]nc3n1)CC2. The lowest BCUT2D eigenvalue weighted by Crippen LogP contribution is -2.37. The van der Waals surface area contributed by atoms with Gasteiger partial charge in [0.2, 0.25) is 5.65 Å². The minimum absolute atomic E-state index is 0.396. The van der Waals surface area contributed by atoms with Crippen LogP contribution in [0.2, 0.25) is 5.02 Å². The van der Waals surface area contributed by atoms with Gasteiger partial charge in [-0.3, -0.25) is 5.10 Å². The smallest absolute Gasteiger partial charge is 0.202 e. The van der Waals surface area contributed by atoms with Crippen LogP contribution in [0.3, 0.4) is 0 Å². The van der Waals surface area contributed by atoms with Crippen LogP contribution >= 0.6 is 11.6 Å². The van der Waals surface area contributed by atoms with Crippen molar-refractivity contribution >= 4 is 28.6 Å². The average molecular weight is 355 g/mol. The first kappa shape index (κ1) is 15.1. The van der Waals surface area contributed by atoms with E-state index in [0.717, 1.165) is 48.5 Å². The van der Waals surface area contributed by atoms with Crippen LogP contribution in [0.15, 0.2) is 30.5 Å². The molecule has 3 aromatic rings. The quantitative estimate of drug-likeness (QED) is 0.739. The zero-order valence-electron chi connectivity index (χ0n) is 13.7. The Kier molecular flexibility index (Phi) is 3.27. The number of H-pyrrole nitrogens is 1. The molecule has 1 aromatic carbocycles. The Balaban J connectivity index is 1.45. The van der Waals surface area contributed by atoms with Gasteiger partial charge in [0.05, 0.1) is 16.9 Å². The summed E-state index contributed by atoms with van der Waals surface area (Å²) in [6, 6.07) is 8.06. The zero-order valence-corrected chi connectivity index (χ0v) is 14.5. The van der Waals surface area contributed by atoms with Crippen molar-refractivity contribution in [2.75, 3.05) is 18.0 Å². The number of fused-ring (bicyclic) bond motifs is 1. The highest BCUT2D eigenvalue weighted by Crippen LogP contribution is 2.52. The van der Waals surface area contributed by atoms with Crippen molar-refractivity contribution in [2.45, 2.75) is 25.3 Å². The van der Waals surface area contributed by atoms with Gasteiger partial charge in [-0.05, 0) is 30.7 Å². The summed E-state index contributed by atoms with van der Waals surface area (Å²) in [5.74, 6) is 0.883. The number of nitrogens with two attached hydrogens (primary N) is 1. The second kappa shape index (κ2) is 5.41. The summed E-state index contributed by atoms with van der Waals surface area (Å²) in [5.41, 5.74) is 9.55. The van der Waals surface area contributed by atoms with Gasteiger partial charge in [-0.15, -0.1) is 0 Å². The highest BCUT2D eigenvalue weighted by atomic mass is 35.5. The molecule has 7 heteroatoms. The molecule has 0 radical (unpaired) electrons. The third-order valence-corrected chi connectivity index (χ3v) is 6.06. The zero-order chi connectivity index (χ0) is 17.0. The van der Waals surface area contributed by atoms with Gasteiger partial charge in [0.25, 0.3) is 0 Å². The van der Waals surface area contributed by atoms with Crippen molar-refractivity contribution in [1.29, 1.82) is 0 Å². The Morgan fingerprint density at radius 3 is 2.72 bits per heavy atom. The molecule has 5 rings (SSSR count). The highest BCUT2D eigenvalue weighted by molar-refractivity contribution is 6.33. The summed E-state index contributed by atoms with van der Waals surface area (Å²) in [6.07, 6.45) is 5.29. The Hall–Kier alpha value is -2.18. The van der Waals surface area contributed by atoms with E-state index in [4.69, 9.17) is 22.3 Å². The van der Waals surface area contributed by atoms with Crippen LogP contribution in [0.5, 0.6) is 0 Å². The molecule has 3 heterocycles. The van der Waals surface area contributed by atoms with E-state index in [1.165, 1.54) is 6.42 Å². The summed E-state index contributed by atoms with van der Waals surface area (Å²) in [5, 5.41) is 8.04. The van der Waals surface area contributed by atoms with Crippen molar-refractivity contribution in [3.63, 3.8) is 0 Å². The van der Waals surface area contributed by atoms with E-state index in [2.05, 4.69) is 20.1 Å². The molecule has 3 N–H and O–H groups in total. The number of piperidine rings is 1. The Morgan fingerprint density at radius 2 is 2.00 bits per heavy atom. The number of nitrogens with zero attached hydrogens (tertiary/aromatic N) is 4. The molecule has 1 aliphatic carbocycles. The van der Waals surface area contributed by atoms with Gasteiger partial charge in [0, 0.05) is 24.7 Å². The van der Waals surface area contributed by atoms with Crippen LogP contribution in [0.4, 0.5) is 5.82 Å². The molecule has 1 aliphatic heterocycles. The third kappa shape index (κ3) is 2.40. The first-order valence-corrected chi connectivity index (χ1v) is 9.01. The average Bonchev–Trinajstić information content (AvgIpc) is 3.06. The largest absolute Gasteiger partial charge is 0.355 e. The molecular formula is C18H19ClN6. The van der Waals surface area contributed by atoms with Gasteiger partial charge in [-0.1, -0.05) is 29.8 Å². The summed E-state index contributed by atoms with van der Waals surface area (Å²) in [7, 11) is 0. The molecule has 0 amide bonds. The second-order valence-corrected chi connectivity index (χ2v) is 7.55. The predicted molar refractivity (Wildman–Crippen MR) is 98.6 cm³/mol. The van der Waals surface area contributed by atoms with E-state index in [0.29, 0.717) is 22.1 Å². The van der Waals surface area contributed by atoms with Crippen LogP contribution in [0.25, 0.3) is 22.4 Å². The van der Waals surface area contributed by atoms with Crippen molar-refractivity contribution < 1.29 is 0 Å². The topological polar surface area (TPSA) is 83.7 Å². The van der Waals surface area contributed by atoms with Crippen LogP contribution in [-0.2, 0) is 0 Å². The Bertz CT molecular complexity index is 944. The number of halogens is 1. The number of nitrogens with one attached hydrogen (secondary N) is 1. The molecule has 2 fully saturated rings. The van der Waals surface area contributed by atoms with Crippen LogP contribution < -0.4 is 10.6 Å². The molecule has 1 atom stereocenters. The molecule has 1 unspecified atom stereocenters. The molecule has 25 heavy (non-hydrogen) atoms. The number of benzene rings is 1. The van der Waals surface area contributed by atoms with Crippen LogP contribution in [-0.4, -0.2) is 39.3 Å². The van der Waals surface area contributed by atoms with Gasteiger partial charge in [-0.25, -0.2) is 9.97 Å². The number of anilines is 1. The van der Waals surface area contributed by atoms with E-state index in [1.54, 1.807) is 0 Å². The number of aromatic nitrogens is 4. The first-order valence-electron chi connectivity index (χ1n) is 8.63. The summed E-state index contributed by atoms with van der Waals surface area (Å²) < 4.78 is 0. The molecule has 1 saturated carbocycles. The first-order chi connectivity index (χ1) is 12.2. The van der Waals surface area contributed by atoms with Gasteiger partial charge < -0.3 is 10.6 Å². The van der Waals surface area contributed by atoms with E-state index < -0.39 is 0 Å². The monoisotopic (exact) mass is 354 g/mol. The molecule has 1 spiro atoms. The molecule has 1 saturated heterocycles. The fourth-order valence-electron chi connectivity index (χ4n) is 3.93. The van der Waals surface area contributed by atoms with Crippen LogP contribution in [0.1, 0.15) is 19.3 Å². The van der Waals surface area contributed by atoms with Gasteiger partial charge in [0.1, 0.15) is 11.3 Å². The molecule has 2 aliphatic rings. The Labute approximate surface area is 150 Å². The summed E-state index contributed by atoms with van der Waals surface area (Å²) >= 11 is 6.30. The second-order valence-electron chi connectivity index (χ2n) is 7.14. The molecule has 6 nitrogen and oxygen atoms in total. The van der Waals surface area contributed by atoms with Crippen molar-refractivity contribution in [2.24, 2.45) is 11.1 Å². The number of hydrogen-bond acceptors (Lipinski definition) is 5. The van der Waals surface area contributed by atoms with E-state index in [1.807, 2.05) is 30.5 Å². The Morgan fingerprint density at radius 1 is 1.24 bits per heavy atom. The van der Waals surface area contributed by atoms with Gasteiger partial charge in [0.15, 0.2) is 0 Å². The maximum absolute atomic E-state index is 6.30. The molecular weight excluding hydrogens is 336 g/mol. The fourth-order valence-corrected chi connectivity index (χ4v) is 4.16. The number of hydrogen-bond donors (Lipinski definition) is 2. The minimum Gasteiger partial charge on any atom is -0.355 e. The van der Waals surface area contributed by atoms with E-state index in [-0.39, 0.29) is 0 Å². The molecule has 0 bridgehead atoms. The van der Waals surface area contributed by atoms with Gasteiger partial charge >= 0.3 is 0 Å². The maximum atomic E-state index is 6.30. The van der Waals surface area contributed by atoms with Crippen molar-refractivity contribution in [1.82, 2.24) is 20.2 Å². The molecule has 2 aromatic heterocycles. The molecule has 128 valence electrons. The standard InChI is InChI=1S/C18H19ClN6/c19-12-4-2-1-3-11(12)15-16-17(24-23-15)22-14(10-21-16)25-7-5-18(6-8-25)9-13(18)20/h1-4,10,13H,5-9,20H2,(H,22,23,24). The lowest BCUT2D eigenvalue weighted by atomic mass is 9.93.